The zero-order valence-electron chi connectivity index (χ0n) is 8.70. The zero-order valence-corrected chi connectivity index (χ0v) is 8.70. The van der Waals surface area contributed by atoms with E-state index in [0.717, 1.165) is 0 Å². The van der Waals surface area contributed by atoms with Gasteiger partial charge in [0.25, 0.3) is 0 Å². The first-order chi connectivity index (χ1) is 6.44. The number of methoxy groups -OCH3 is 2. The van der Waals surface area contributed by atoms with Crippen LogP contribution in [-0.2, 0) is 23.8 Å². The summed E-state index contributed by atoms with van der Waals surface area (Å²) in [6, 6.07) is 0. The summed E-state index contributed by atoms with van der Waals surface area (Å²) in [4.78, 5) is 22.5. The molecule has 0 aliphatic carbocycles. The van der Waals surface area contributed by atoms with Gasteiger partial charge in [0.2, 0.25) is 0 Å². The molecule has 1 heterocycles. The minimum atomic E-state index is -0.831. The van der Waals surface area contributed by atoms with E-state index in [1.807, 2.05) is 0 Å². The molecule has 0 saturated carbocycles. The van der Waals surface area contributed by atoms with Crippen molar-refractivity contribution in [1.29, 1.82) is 0 Å². The van der Waals surface area contributed by atoms with Gasteiger partial charge in [0.1, 0.15) is 5.92 Å². The summed E-state index contributed by atoms with van der Waals surface area (Å²) >= 11 is 0. The van der Waals surface area contributed by atoms with Crippen molar-refractivity contribution in [2.45, 2.75) is 25.6 Å². The summed E-state index contributed by atoms with van der Waals surface area (Å²) < 4.78 is 14.3. The molecule has 2 unspecified atom stereocenters. The summed E-state index contributed by atoms with van der Waals surface area (Å²) in [5, 5.41) is 0. The van der Waals surface area contributed by atoms with Crippen molar-refractivity contribution in [1.82, 2.24) is 0 Å². The highest BCUT2D eigenvalue weighted by atomic mass is 16.6. The highest BCUT2D eigenvalue weighted by Gasteiger charge is 2.57. The van der Waals surface area contributed by atoms with Crippen LogP contribution in [0.15, 0.2) is 0 Å². The number of hydrogen-bond donors (Lipinski definition) is 0. The topological polar surface area (TPSA) is 61.8 Å². The standard InChI is InChI=1S/C9H14O5/c1-9(2)5(7(10)12-3)6(14-9)8(11)13-4/h5-6H,1-4H3. The molecule has 0 amide bonds. The van der Waals surface area contributed by atoms with Crippen LogP contribution in [0.5, 0.6) is 0 Å². The lowest BCUT2D eigenvalue weighted by atomic mass is 9.79. The number of hydrogen-bond acceptors (Lipinski definition) is 5. The maximum Gasteiger partial charge on any atom is 0.336 e. The van der Waals surface area contributed by atoms with Gasteiger partial charge in [0.05, 0.1) is 19.8 Å². The third-order valence-corrected chi connectivity index (χ3v) is 2.37. The van der Waals surface area contributed by atoms with Gasteiger partial charge < -0.3 is 14.2 Å². The molecule has 0 bridgehead atoms. The van der Waals surface area contributed by atoms with Gasteiger partial charge in [-0.2, -0.15) is 0 Å². The van der Waals surface area contributed by atoms with Gasteiger partial charge in [-0.1, -0.05) is 0 Å². The Balaban J connectivity index is 2.75. The van der Waals surface area contributed by atoms with Gasteiger partial charge in [-0.15, -0.1) is 0 Å². The van der Waals surface area contributed by atoms with Crippen molar-refractivity contribution in [2.75, 3.05) is 14.2 Å². The predicted octanol–water partition coefficient (Wildman–Crippen LogP) is 0.126. The summed E-state index contributed by atoms with van der Waals surface area (Å²) in [6.45, 7) is 3.46. The SMILES string of the molecule is COC(=O)C1OC(C)(C)C1C(=O)OC. The average Bonchev–Trinajstić information content (AvgIpc) is 2.13. The van der Waals surface area contributed by atoms with Crippen molar-refractivity contribution < 1.29 is 23.8 Å². The van der Waals surface area contributed by atoms with Crippen LogP contribution in [0.3, 0.4) is 0 Å². The Hall–Kier alpha value is -1.10. The molecule has 14 heavy (non-hydrogen) atoms. The molecule has 0 N–H and O–H groups in total. The molecule has 1 aliphatic heterocycles. The lowest BCUT2D eigenvalue weighted by Gasteiger charge is -2.47. The van der Waals surface area contributed by atoms with Gasteiger partial charge in [0, 0.05) is 0 Å². The monoisotopic (exact) mass is 202 g/mol. The largest absolute Gasteiger partial charge is 0.469 e. The third-order valence-electron chi connectivity index (χ3n) is 2.37. The van der Waals surface area contributed by atoms with Crippen LogP contribution >= 0.6 is 0 Å². The van der Waals surface area contributed by atoms with E-state index in [1.165, 1.54) is 14.2 Å². The van der Waals surface area contributed by atoms with Crippen LogP contribution in [0.4, 0.5) is 0 Å². The number of esters is 2. The molecule has 0 radical (unpaired) electrons. The fourth-order valence-corrected chi connectivity index (χ4v) is 1.60. The minimum Gasteiger partial charge on any atom is -0.469 e. The van der Waals surface area contributed by atoms with Crippen LogP contribution in [0.2, 0.25) is 0 Å². The van der Waals surface area contributed by atoms with E-state index in [0.29, 0.717) is 0 Å². The van der Waals surface area contributed by atoms with E-state index >= 15 is 0 Å². The van der Waals surface area contributed by atoms with Gasteiger partial charge in [0.15, 0.2) is 6.10 Å². The van der Waals surface area contributed by atoms with E-state index < -0.39 is 29.6 Å². The highest BCUT2D eigenvalue weighted by molar-refractivity contribution is 5.86. The fourth-order valence-electron chi connectivity index (χ4n) is 1.60. The smallest absolute Gasteiger partial charge is 0.336 e. The van der Waals surface area contributed by atoms with E-state index in [9.17, 15) is 9.59 Å². The van der Waals surface area contributed by atoms with E-state index in [1.54, 1.807) is 13.8 Å². The Morgan fingerprint density at radius 3 is 2.00 bits per heavy atom. The molecule has 80 valence electrons. The molecule has 0 aromatic heterocycles. The maximum absolute atomic E-state index is 11.3. The minimum absolute atomic E-state index is 0.448. The Kier molecular flexibility index (Phi) is 2.80. The molecule has 5 nitrogen and oxygen atoms in total. The molecule has 0 aromatic rings. The van der Waals surface area contributed by atoms with E-state index in [-0.39, 0.29) is 0 Å². The first kappa shape index (κ1) is 11.0. The summed E-state index contributed by atoms with van der Waals surface area (Å²) in [5.41, 5.74) is -0.661. The second-order valence-electron chi connectivity index (χ2n) is 3.67. The lowest BCUT2D eigenvalue weighted by molar-refractivity contribution is -0.250. The summed E-state index contributed by atoms with van der Waals surface area (Å²) in [6.07, 6.45) is -0.831. The van der Waals surface area contributed by atoms with Gasteiger partial charge >= 0.3 is 11.9 Å². The van der Waals surface area contributed by atoms with Crippen molar-refractivity contribution in [3.63, 3.8) is 0 Å². The molecular formula is C9H14O5. The molecule has 5 heteroatoms. The lowest BCUT2D eigenvalue weighted by Crippen LogP contribution is -2.63. The number of carbonyl (C=O) groups is 2. The van der Waals surface area contributed by atoms with Crippen molar-refractivity contribution in [2.24, 2.45) is 5.92 Å². The highest BCUT2D eigenvalue weighted by Crippen LogP contribution is 2.39. The van der Waals surface area contributed by atoms with Crippen LogP contribution in [0.1, 0.15) is 13.8 Å². The molecule has 0 spiro atoms. The van der Waals surface area contributed by atoms with Crippen molar-refractivity contribution in [3.8, 4) is 0 Å². The quantitative estimate of drug-likeness (QED) is 0.595. The molecule has 1 saturated heterocycles. The Labute approximate surface area is 82.3 Å². The van der Waals surface area contributed by atoms with Gasteiger partial charge in [-0.3, -0.25) is 4.79 Å². The Morgan fingerprint density at radius 2 is 1.64 bits per heavy atom. The predicted molar refractivity (Wildman–Crippen MR) is 46.5 cm³/mol. The maximum atomic E-state index is 11.3. The fraction of sp³-hybridized carbons (Fsp3) is 0.778. The summed E-state index contributed by atoms with van der Waals surface area (Å²) in [5.74, 6) is -1.57. The van der Waals surface area contributed by atoms with Gasteiger partial charge in [-0.25, -0.2) is 4.79 Å². The number of carbonyl (C=O) groups excluding carboxylic acids is 2. The van der Waals surface area contributed by atoms with Crippen LogP contribution in [0.25, 0.3) is 0 Å². The molecular weight excluding hydrogens is 188 g/mol. The molecule has 1 rings (SSSR count). The van der Waals surface area contributed by atoms with Crippen LogP contribution in [-0.4, -0.2) is 37.9 Å². The summed E-state index contributed by atoms with van der Waals surface area (Å²) in [7, 11) is 2.54. The molecule has 1 aliphatic rings. The average molecular weight is 202 g/mol. The number of rotatable bonds is 2. The van der Waals surface area contributed by atoms with E-state index in [4.69, 9.17) is 4.74 Å². The zero-order chi connectivity index (χ0) is 10.9. The number of ether oxygens (including phenoxy) is 3. The molecule has 2 atom stereocenters. The second-order valence-corrected chi connectivity index (χ2v) is 3.67. The molecule has 1 fully saturated rings. The Bertz CT molecular complexity index is 258. The normalized spacial score (nSPS) is 28.9. The molecule has 0 aromatic carbocycles. The first-order valence-electron chi connectivity index (χ1n) is 4.27. The van der Waals surface area contributed by atoms with Crippen molar-refractivity contribution >= 4 is 11.9 Å². The van der Waals surface area contributed by atoms with Crippen molar-refractivity contribution in [3.05, 3.63) is 0 Å². The van der Waals surface area contributed by atoms with E-state index in [2.05, 4.69) is 9.47 Å². The van der Waals surface area contributed by atoms with Gasteiger partial charge in [-0.05, 0) is 13.8 Å². The van der Waals surface area contributed by atoms with Crippen LogP contribution < -0.4 is 0 Å². The first-order valence-corrected chi connectivity index (χ1v) is 4.27. The van der Waals surface area contributed by atoms with Crippen LogP contribution in [0, 0.1) is 5.92 Å². The Morgan fingerprint density at radius 1 is 1.14 bits per heavy atom. The third kappa shape index (κ3) is 1.59. The second kappa shape index (κ2) is 3.57.